The third kappa shape index (κ3) is 2.05. The number of aromatic nitrogens is 2. The van der Waals surface area contributed by atoms with Gasteiger partial charge in [-0.15, -0.1) is 11.8 Å². The van der Waals surface area contributed by atoms with E-state index in [2.05, 4.69) is 30.4 Å². The molecule has 90 valence electrons. The summed E-state index contributed by atoms with van der Waals surface area (Å²) in [5, 5.41) is 4.54. The second-order valence-corrected chi connectivity index (χ2v) is 4.74. The van der Waals surface area contributed by atoms with Crippen LogP contribution in [0.3, 0.4) is 0 Å². The second-order valence-electron chi connectivity index (χ2n) is 3.89. The summed E-state index contributed by atoms with van der Waals surface area (Å²) in [5.41, 5.74) is 9.35. The zero-order valence-corrected chi connectivity index (χ0v) is 11.2. The lowest BCUT2D eigenvalue weighted by Gasteiger charge is -2.05. The first kappa shape index (κ1) is 12.0. The summed E-state index contributed by atoms with van der Waals surface area (Å²) < 4.78 is 1.76. The number of hydrogen-bond donors (Lipinski definition) is 1. The molecule has 0 aliphatic heterocycles. The van der Waals surface area contributed by atoms with Crippen molar-refractivity contribution in [2.45, 2.75) is 18.2 Å². The van der Waals surface area contributed by atoms with Crippen LogP contribution < -0.4 is 5.73 Å². The molecule has 0 atom stereocenters. The van der Waals surface area contributed by atoms with Crippen LogP contribution in [0.15, 0.2) is 29.2 Å². The van der Waals surface area contributed by atoms with Crippen molar-refractivity contribution in [1.29, 1.82) is 0 Å². The molecule has 0 saturated heterocycles. The zero-order valence-electron chi connectivity index (χ0n) is 10.4. The molecule has 2 rings (SSSR count). The van der Waals surface area contributed by atoms with Gasteiger partial charge in [0.15, 0.2) is 0 Å². The van der Waals surface area contributed by atoms with Gasteiger partial charge in [0, 0.05) is 23.1 Å². The topological polar surface area (TPSA) is 43.8 Å². The third-order valence-corrected chi connectivity index (χ3v) is 3.71. The zero-order chi connectivity index (χ0) is 12.4. The van der Waals surface area contributed by atoms with Gasteiger partial charge < -0.3 is 5.73 Å². The predicted octanol–water partition coefficient (Wildman–Crippen LogP) is 2.95. The van der Waals surface area contributed by atoms with Gasteiger partial charge >= 0.3 is 0 Å². The lowest BCUT2D eigenvalue weighted by Crippen LogP contribution is -1.98. The number of nitrogens with zero attached hydrogens (tertiary/aromatic N) is 2. The Morgan fingerprint density at radius 1 is 1.35 bits per heavy atom. The van der Waals surface area contributed by atoms with E-state index in [1.54, 1.807) is 16.4 Å². The molecular formula is C13H17N3S. The van der Waals surface area contributed by atoms with Crippen LogP contribution in [0, 0.1) is 0 Å². The van der Waals surface area contributed by atoms with Crippen molar-refractivity contribution in [2.24, 2.45) is 7.05 Å². The van der Waals surface area contributed by atoms with Gasteiger partial charge in [-0.3, -0.25) is 4.68 Å². The highest BCUT2D eigenvalue weighted by molar-refractivity contribution is 7.98. The number of nitrogen functional groups attached to an aromatic ring is 1. The van der Waals surface area contributed by atoms with Crippen LogP contribution in [-0.2, 0) is 13.5 Å². The van der Waals surface area contributed by atoms with E-state index < -0.39 is 0 Å². The molecule has 17 heavy (non-hydrogen) atoms. The van der Waals surface area contributed by atoms with Crippen molar-refractivity contribution >= 4 is 17.6 Å². The maximum absolute atomic E-state index is 6.04. The summed E-state index contributed by atoms with van der Waals surface area (Å²) in [4.78, 5) is 1.24. The Morgan fingerprint density at radius 2 is 2.06 bits per heavy atom. The van der Waals surface area contributed by atoms with E-state index in [0.29, 0.717) is 0 Å². The molecule has 0 aliphatic rings. The Bertz CT molecular complexity index is 531. The van der Waals surface area contributed by atoms with Gasteiger partial charge in [0.1, 0.15) is 5.82 Å². The van der Waals surface area contributed by atoms with Crippen molar-refractivity contribution in [2.75, 3.05) is 12.0 Å². The summed E-state index contributed by atoms with van der Waals surface area (Å²) >= 11 is 1.73. The summed E-state index contributed by atoms with van der Waals surface area (Å²) in [7, 11) is 1.89. The molecule has 1 heterocycles. The Hall–Kier alpha value is -1.42. The van der Waals surface area contributed by atoms with Crippen LogP contribution in [0.25, 0.3) is 11.3 Å². The number of aryl methyl sites for hydroxylation is 1. The third-order valence-electron chi connectivity index (χ3n) is 2.91. The summed E-state index contributed by atoms with van der Waals surface area (Å²) in [6, 6.07) is 8.31. The molecule has 4 heteroatoms. The fraction of sp³-hybridized carbons (Fsp3) is 0.308. The minimum atomic E-state index is 0.762. The molecular weight excluding hydrogens is 230 g/mol. The van der Waals surface area contributed by atoms with Gasteiger partial charge in [-0.05, 0) is 18.7 Å². The molecule has 0 unspecified atom stereocenters. The molecule has 3 nitrogen and oxygen atoms in total. The summed E-state index contributed by atoms with van der Waals surface area (Å²) in [5.74, 6) is 0.762. The fourth-order valence-corrected chi connectivity index (χ4v) is 2.59. The van der Waals surface area contributed by atoms with Crippen LogP contribution in [0.2, 0.25) is 0 Å². The van der Waals surface area contributed by atoms with Crippen LogP contribution in [0.1, 0.15) is 12.5 Å². The van der Waals surface area contributed by atoms with Crippen molar-refractivity contribution < 1.29 is 0 Å². The molecule has 0 fully saturated rings. The van der Waals surface area contributed by atoms with E-state index in [4.69, 9.17) is 5.73 Å². The monoisotopic (exact) mass is 247 g/mol. The van der Waals surface area contributed by atoms with Gasteiger partial charge in [0.05, 0.1) is 5.69 Å². The van der Waals surface area contributed by atoms with E-state index in [9.17, 15) is 0 Å². The van der Waals surface area contributed by atoms with Crippen molar-refractivity contribution in [3.8, 4) is 11.3 Å². The molecule has 0 aliphatic carbocycles. The van der Waals surface area contributed by atoms with Gasteiger partial charge in [-0.25, -0.2) is 0 Å². The smallest absolute Gasteiger partial charge is 0.125 e. The van der Waals surface area contributed by atoms with Crippen LogP contribution in [0.4, 0.5) is 5.82 Å². The molecule has 2 aromatic rings. The Kier molecular flexibility index (Phi) is 3.43. The number of benzene rings is 1. The number of nitrogens with two attached hydrogens (primary N) is 1. The minimum Gasteiger partial charge on any atom is -0.384 e. The maximum Gasteiger partial charge on any atom is 0.125 e. The largest absolute Gasteiger partial charge is 0.384 e. The quantitative estimate of drug-likeness (QED) is 0.848. The number of anilines is 1. The van der Waals surface area contributed by atoms with Gasteiger partial charge in [0.2, 0.25) is 0 Å². The first-order chi connectivity index (χ1) is 8.19. The summed E-state index contributed by atoms with van der Waals surface area (Å²) in [6.45, 7) is 2.11. The Labute approximate surface area is 106 Å². The lowest BCUT2D eigenvalue weighted by atomic mass is 10.1. The molecule has 0 spiro atoms. The fourth-order valence-electron chi connectivity index (χ4n) is 1.99. The van der Waals surface area contributed by atoms with Crippen LogP contribution in [0.5, 0.6) is 0 Å². The average Bonchev–Trinajstić information content (AvgIpc) is 2.65. The van der Waals surface area contributed by atoms with E-state index in [1.807, 2.05) is 19.2 Å². The van der Waals surface area contributed by atoms with Gasteiger partial charge in [-0.2, -0.15) is 5.10 Å². The average molecular weight is 247 g/mol. The SMILES string of the molecule is CCc1c(-c2ccccc2SC)nn(C)c1N. The van der Waals surface area contributed by atoms with Gasteiger partial charge in [0.25, 0.3) is 0 Å². The first-order valence-electron chi connectivity index (χ1n) is 5.63. The van der Waals surface area contributed by atoms with Crippen molar-refractivity contribution in [3.63, 3.8) is 0 Å². The second kappa shape index (κ2) is 4.84. The van der Waals surface area contributed by atoms with Gasteiger partial charge in [-0.1, -0.05) is 25.1 Å². The standard InChI is InChI=1S/C13H17N3S/c1-4-9-12(15-16(2)13(9)14)10-7-5-6-8-11(10)17-3/h5-8H,4,14H2,1-3H3. The molecule has 1 aromatic heterocycles. The van der Waals surface area contributed by atoms with Crippen LogP contribution in [-0.4, -0.2) is 16.0 Å². The highest BCUT2D eigenvalue weighted by Crippen LogP contribution is 2.33. The highest BCUT2D eigenvalue weighted by Gasteiger charge is 2.15. The molecule has 1 aromatic carbocycles. The maximum atomic E-state index is 6.04. The normalized spacial score (nSPS) is 10.8. The molecule has 0 saturated carbocycles. The number of hydrogen-bond acceptors (Lipinski definition) is 3. The van der Waals surface area contributed by atoms with Crippen molar-refractivity contribution in [3.05, 3.63) is 29.8 Å². The molecule has 2 N–H and O–H groups in total. The number of thioether (sulfide) groups is 1. The van der Waals surface area contributed by atoms with E-state index in [-0.39, 0.29) is 0 Å². The molecule has 0 amide bonds. The molecule has 0 bridgehead atoms. The Balaban J connectivity index is 2.64. The lowest BCUT2D eigenvalue weighted by molar-refractivity contribution is 0.781. The van der Waals surface area contributed by atoms with Crippen LogP contribution >= 0.6 is 11.8 Å². The predicted molar refractivity (Wildman–Crippen MR) is 74.2 cm³/mol. The van der Waals surface area contributed by atoms with E-state index >= 15 is 0 Å². The minimum absolute atomic E-state index is 0.762. The van der Waals surface area contributed by atoms with Crippen molar-refractivity contribution in [1.82, 2.24) is 9.78 Å². The molecule has 0 radical (unpaired) electrons. The van der Waals surface area contributed by atoms with E-state index in [0.717, 1.165) is 23.5 Å². The highest BCUT2D eigenvalue weighted by atomic mass is 32.2. The first-order valence-corrected chi connectivity index (χ1v) is 6.86. The Morgan fingerprint density at radius 3 is 2.71 bits per heavy atom. The number of rotatable bonds is 3. The van der Waals surface area contributed by atoms with E-state index in [1.165, 1.54) is 10.5 Å². The summed E-state index contributed by atoms with van der Waals surface area (Å²) in [6.07, 6.45) is 2.98.